The highest BCUT2D eigenvalue weighted by atomic mass is 16.5. The molecule has 0 aliphatic heterocycles. The molecular formula is C17H17N3O2. The Balaban J connectivity index is 1.77. The van der Waals surface area contributed by atoms with Gasteiger partial charge in [-0.05, 0) is 42.0 Å². The Morgan fingerprint density at radius 1 is 1.18 bits per heavy atom. The molecule has 0 saturated heterocycles. The summed E-state index contributed by atoms with van der Waals surface area (Å²) in [4.78, 5) is 16.3. The van der Waals surface area contributed by atoms with Gasteiger partial charge < -0.3 is 4.74 Å². The number of hydrogen-bond donors (Lipinski definition) is 1. The van der Waals surface area contributed by atoms with Crippen LogP contribution in [0.5, 0.6) is 5.75 Å². The predicted octanol–water partition coefficient (Wildman–Crippen LogP) is 2.49. The van der Waals surface area contributed by atoms with Gasteiger partial charge in [0.2, 0.25) is 0 Å². The molecule has 0 amide bonds. The molecule has 5 nitrogen and oxygen atoms in total. The molecule has 0 saturated carbocycles. The number of H-pyrrole nitrogens is 1. The molecule has 22 heavy (non-hydrogen) atoms. The fraction of sp³-hybridized carbons (Fsp3) is 0.176. The van der Waals surface area contributed by atoms with E-state index in [0.717, 1.165) is 22.7 Å². The molecular weight excluding hydrogens is 278 g/mol. The quantitative estimate of drug-likeness (QED) is 0.786. The van der Waals surface area contributed by atoms with E-state index in [1.165, 1.54) is 0 Å². The number of hydrogen-bond acceptors (Lipinski definition) is 3. The minimum absolute atomic E-state index is 0.0400. The van der Waals surface area contributed by atoms with Crippen molar-refractivity contribution in [1.29, 1.82) is 0 Å². The van der Waals surface area contributed by atoms with Crippen LogP contribution >= 0.6 is 0 Å². The topological polar surface area (TPSA) is 59.9 Å². The van der Waals surface area contributed by atoms with Gasteiger partial charge in [-0.15, -0.1) is 0 Å². The van der Waals surface area contributed by atoms with Gasteiger partial charge in [0.15, 0.2) is 0 Å². The monoisotopic (exact) mass is 295 g/mol. The third-order valence-electron chi connectivity index (χ3n) is 3.51. The average Bonchev–Trinajstić information content (AvgIpc) is 2.95. The van der Waals surface area contributed by atoms with E-state index in [2.05, 4.69) is 10.1 Å². The smallest absolute Gasteiger partial charge is 0.267 e. The summed E-state index contributed by atoms with van der Waals surface area (Å²) in [7, 11) is 1.63. The van der Waals surface area contributed by atoms with Gasteiger partial charge in [0, 0.05) is 30.9 Å². The first kappa shape index (κ1) is 14.1. The van der Waals surface area contributed by atoms with E-state index in [9.17, 15) is 4.79 Å². The van der Waals surface area contributed by atoms with E-state index in [4.69, 9.17) is 4.74 Å². The Kier molecular flexibility index (Phi) is 4.05. The Morgan fingerprint density at radius 3 is 2.68 bits per heavy atom. The minimum atomic E-state index is -0.0400. The zero-order valence-corrected chi connectivity index (χ0v) is 12.3. The molecule has 0 unspecified atom stereocenters. The zero-order chi connectivity index (χ0) is 15.4. The van der Waals surface area contributed by atoms with Gasteiger partial charge >= 0.3 is 0 Å². The highest BCUT2D eigenvalue weighted by Crippen LogP contribution is 2.19. The van der Waals surface area contributed by atoms with Crippen molar-refractivity contribution in [2.24, 2.45) is 0 Å². The summed E-state index contributed by atoms with van der Waals surface area (Å²) in [5.74, 6) is 0.792. The van der Waals surface area contributed by atoms with Crippen molar-refractivity contribution in [3.05, 3.63) is 70.8 Å². The lowest BCUT2D eigenvalue weighted by Crippen LogP contribution is -2.17. The average molecular weight is 295 g/mol. The van der Waals surface area contributed by atoms with Crippen molar-refractivity contribution >= 4 is 0 Å². The Morgan fingerprint density at radius 2 is 2.00 bits per heavy atom. The maximum absolute atomic E-state index is 12.0. The van der Waals surface area contributed by atoms with E-state index in [1.807, 2.05) is 42.5 Å². The summed E-state index contributed by atoms with van der Waals surface area (Å²) in [5.41, 5.74) is 2.68. The number of nitrogens with zero attached hydrogens (tertiary/aromatic N) is 2. The van der Waals surface area contributed by atoms with E-state index in [1.54, 1.807) is 24.1 Å². The third-order valence-corrected chi connectivity index (χ3v) is 3.51. The van der Waals surface area contributed by atoms with Crippen LogP contribution in [0, 0.1) is 0 Å². The molecule has 2 aromatic heterocycles. The Bertz CT molecular complexity index is 789. The zero-order valence-electron chi connectivity index (χ0n) is 12.3. The van der Waals surface area contributed by atoms with Crippen molar-refractivity contribution in [1.82, 2.24) is 14.8 Å². The molecule has 0 spiro atoms. The van der Waals surface area contributed by atoms with Crippen LogP contribution < -0.4 is 10.3 Å². The first-order valence-electron chi connectivity index (χ1n) is 7.10. The molecule has 1 N–H and O–H groups in total. The van der Waals surface area contributed by atoms with Crippen LogP contribution in [0.3, 0.4) is 0 Å². The van der Waals surface area contributed by atoms with Crippen molar-refractivity contribution in [3.8, 4) is 17.0 Å². The summed E-state index contributed by atoms with van der Waals surface area (Å²) in [6, 6.07) is 15.0. The minimum Gasteiger partial charge on any atom is -0.497 e. The van der Waals surface area contributed by atoms with E-state index in [0.29, 0.717) is 13.0 Å². The standard InChI is InChI=1S/C17H17N3O2/c1-22-15-7-5-13(6-8-15)16-12-17(21)20(19-16)11-9-14-4-2-3-10-18-14/h2-8,10,12,19H,9,11H2,1H3. The summed E-state index contributed by atoms with van der Waals surface area (Å²) >= 11 is 0. The molecule has 0 atom stereocenters. The summed E-state index contributed by atoms with van der Waals surface area (Å²) in [6.07, 6.45) is 2.47. The molecule has 0 aliphatic rings. The molecule has 2 heterocycles. The molecule has 112 valence electrons. The van der Waals surface area contributed by atoms with Crippen LogP contribution in [0.4, 0.5) is 0 Å². The summed E-state index contributed by atoms with van der Waals surface area (Å²) in [5, 5.41) is 3.14. The van der Waals surface area contributed by atoms with Crippen LogP contribution in [0.2, 0.25) is 0 Å². The maximum atomic E-state index is 12.0. The fourth-order valence-corrected chi connectivity index (χ4v) is 2.29. The Labute approximate surface area is 128 Å². The highest BCUT2D eigenvalue weighted by molar-refractivity contribution is 5.59. The van der Waals surface area contributed by atoms with Crippen LogP contribution in [-0.2, 0) is 13.0 Å². The molecule has 3 rings (SSSR count). The van der Waals surface area contributed by atoms with Crippen LogP contribution in [0.25, 0.3) is 11.3 Å². The lowest BCUT2D eigenvalue weighted by atomic mass is 10.1. The third kappa shape index (κ3) is 3.09. The largest absolute Gasteiger partial charge is 0.497 e. The van der Waals surface area contributed by atoms with Crippen LogP contribution in [0.15, 0.2) is 59.5 Å². The van der Waals surface area contributed by atoms with E-state index >= 15 is 0 Å². The number of ether oxygens (including phenoxy) is 1. The van der Waals surface area contributed by atoms with Gasteiger partial charge in [0.25, 0.3) is 5.56 Å². The molecule has 1 aromatic carbocycles. The first-order valence-corrected chi connectivity index (χ1v) is 7.10. The lowest BCUT2D eigenvalue weighted by Gasteiger charge is -2.03. The number of nitrogens with one attached hydrogen (secondary N) is 1. The van der Waals surface area contributed by atoms with Gasteiger partial charge in [-0.2, -0.15) is 0 Å². The van der Waals surface area contributed by atoms with Gasteiger partial charge in [-0.1, -0.05) is 6.07 Å². The second-order valence-corrected chi connectivity index (χ2v) is 4.96. The highest BCUT2D eigenvalue weighted by Gasteiger charge is 2.06. The lowest BCUT2D eigenvalue weighted by molar-refractivity contribution is 0.415. The van der Waals surface area contributed by atoms with Gasteiger partial charge in [0.05, 0.1) is 12.8 Å². The van der Waals surface area contributed by atoms with Crippen molar-refractivity contribution in [2.75, 3.05) is 7.11 Å². The van der Waals surface area contributed by atoms with Crippen molar-refractivity contribution in [2.45, 2.75) is 13.0 Å². The second kappa shape index (κ2) is 6.30. The number of aromatic amines is 1. The number of rotatable bonds is 5. The molecule has 3 aromatic rings. The second-order valence-electron chi connectivity index (χ2n) is 4.96. The maximum Gasteiger partial charge on any atom is 0.267 e. The number of aryl methyl sites for hydroxylation is 2. The van der Waals surface area contributed by atoms with Crippen molar-refractivity contribution < 1.29 is 4.74 Å². The van der Waals surface area contributed by atoms with Crippen molar-refractivity contribution in [3.63, 3.8) is 0 Å². The fourth-order valence-electron chi connectivity index (χ4n) is 2.29. The van der Waals surface area contributed by atoms with E-state index in [-0.39, 0.29) is 5.56 Å². The summed E-state index contributed by atoms with van der Waals surface area (Å²) < 4.78 is 6.74. The number of aromatic nitrogens is 3. The Hall–Kier alpha value is -2.82. The normalized spacial score (nSPS) is 10.6. The van der Waals surface area contributed by atoms with Gasteiger partial charge in [0.1, 0.15) is 5.75 Å². The number of methoxy groups -OCH3 is 1. The van der Waals surface area contributed by atoms with E-state index < -0.39 is 0 Å². The molecule has 0 aliphatic carbocycles. The molecule has 0 fully saturated rings. The number of pyridine rings is 1. The predicted molar refractivity (Wildman–Crippen MR) is 85.0 cm³/mol. The van der Waals surface area contributed by atoms with Gasteiger partial charge in [-0.25, -0.2) is 0 Å². The molecule has 0 bridgehead atoms. The first-order chi connectivity index (χ1) is 10.8. The number of benzene rings is 1. The SMILES string of the molecule is COc1ccc(-c2cc(=O)n(CCc3ccccn3)[nH]2)cc1. The summed E-state index contributed by atoms with van der Waals surface area (Å²) in [6.45, 7) is 0.575. The van der Waals surface area contributed by atoms with Crippen LogP contribution in [0.1, 0.15) is 5.69 Å². The molecule has 5 heteroatoms. The van der Waals surface area contributed by atoms with Crippen LogP contribution in [-0.4, -0.2) is 21.9 Å². The van der Waals surface area contributed by atoms with Gasteiger partial charge in [-0.3, -0.25) is 19.6 Å². The molecule has 0 radical (unpaired) electrons.